The van der Waals surface area contributed by atoms with Crippen LogP contribution in [0.1, 0.15) is 22.9 Å². The van der Waals surface area contributed by atoms with E-state index in [2.05, 4.69) is 145 Å². The predicted molar refractivity (Wildman–Crippen MR) is 194 cm³/mol. The van der Waals surface area contributed by atoms with Gasteiger partial charge in [-0.05, 0) is 68.9 Å². The second-order valence-corrected chi connectivity index (χ2v) is 11.9. The quantitative estimate of drug-likeness (QED) is 0.213. The van der Waals surface area contributed by atoms with Crippen LogP contribution in [0.15, 0.2) is 178 Å². The summed E-state index contributed by atoms with van der Waals surface area (Å²) < 4.78 is 6.50. The molecule has 4 heteroatoms. The topological polar surface area (TPSA) is 49.9 Å². The Kier molecular flexibility index (Phi) is 6.50. The van der Waals surface area contributed by atoms with Gasteiger partial charge in [-0.25, -0.2) is 9.98 Å². The van der Waals surface area contributed by atoms with Crippen LogP contribution in [-0.2, 0) is 0 Å². The van der Waals surface area contributed by atoms with Gasteiger partial charge < -0.3 is 9.73 Å². The van der Waals surface area contributed by atoms with Crippen LogP contribution in [0.25, 0.3) is 55.0 Å². The molecule has 1 aromatic heterocycles. The smallest absolute Gasteiger partial charge is 0.169 e. The van der Waals surface area contributed by atoms with Crippen molar-refractivity contribution >= 4 is 44.4 Å². The van der Waals surface area contributed by atoms with Crippen molar-refractivity contribution in [2.75, 3.05) is 0 Å². The maximum Gasteiger partial charge on any atom is 0.169 e. The Labute approximate surface area is 272 Å². The van der Waals surface area contributed by atoms with Crippen LogP contribution in [-0.4, -0.2) is 11.7 Å². The fraction of sp³-hybridized carbons (Fsp3) is 0.0233. The van der Waals surface area contributed by atoms with Gasteiger partial charge in [0.05, 0.1) is 0 Å². The highest BCUT2D eigenvalue weighted by atomic mass is 16.3. The maximum atomic E-state index is 6.50. The molecule has 0 saturated heterocycles. The first kappa shape index (κ1) is 27.1. The van der Waals surface area contributed by atoms with E-state index < -0.39 is 0 Å². The van der Waals surface area contributed by atoms with E-state index in [1.165, 1.54) is 27.5 Å². The molecule has 1 atom stereocenters. The summed E-state index contributed by atoms with van der Waals surface area (Å²) in [5.41, 5.74) is 9.33. The Morgan fingerprint density at radius 3 is 1.64 bits per heavy atom. The lowest BCUT2D eigenvalue weighted by Gasteiger charge is -2.22. The van der Waals surface area contributed by atoms with Crippen LogP contribution >= 0.6 is 0 Å². The van der Waals surface area contributed by atoms with Gasteiger partial charge in [0.2, 0.25) is 0 Å². The van der Waals surface area contributed by atoms with Crippen LogP contribution in [0.4, 0.5) is 0 Å². The highest BCUT2D eigenvalue weighted by Gasteiger charge is 2.21. The number of hydrogen-bond donors (Lipinski definition) is 1. The normalized spacial score (nSPS) is 14.6. The Hall–Kier alpha value is -6.26. The zero-order valence-electron chi connectivity index (χ0n) is 25.5. The summed E-state index contributed by atoms with van der Waals surface area (Å²) in [6.45, 7) is 0. The third kappa shape index (κ3) is 5.06. The average Bonchev–Trinajstić information content (AvgIpc) is 3.52. The molecule has 0 spiro atoms. The Morgan fingerprint density at radius 1 is 0.404 bits per heavy atom. The molecular weight excluding hydrogens is 574 g/mol. The van der Waals surface area contributed by atoms with Crippen LogP contribution in [0.5, 0.6) is 0 Å². The maximum absolute atomic E-state index is 6.50. The summed E-state index contributed by atoms with van der Waals surface area (Å²) in [5, 5.41) is 8.16. The first-order valence-corrected chi connectivity index (χ1v) is 15.8. The van der Waals surface area contributed by atoms with E-state index in [4.69, 9.17) is 14.4 Å². The van der Waals surface area contributed by atoms with Crippen LogP contribution in [0.2, 0.25) is 0 Å². The number of hydrogen-bond acceptors (Lipinski definition) is 4. The summed E-state index contributed by atoms with van der Waals surface area (Å²) in [5.74, 6) is 1.55. The van der Waals surface area contributed by atoms with E-state index >= 15 is 0 Å². The highest BCUT2D eigenvalue weighted by molar-refractivity contribution is 6.17. The number of nitrogens with one attached hydrogen (secondary N) is 1. The third-order valence-corrected chi connectivity index (χ3v) is 8.93. The van der Waals surface area contributed by atoms with Crippen LogP contribution in [0, 0.1) is 0 Å². The SMILES string of the molecule is c1ccc(C2=NC(c3ccc(-c4ccccc4)cc3)N=C(c3ccc4c(c3)oc3cc(-c5ccc6ccccc6c5)ccc34)N2)cc1. The van der Waals surface area contributed by atoms with E-state index in [0.29, 0.717) is 0 Å². The number of rotatable bonds is 5. The van der Waals surface area contributed by atoms with Crippen molar-refractivity contribution in [2.24, 2.45) is 9.98 Å². The van der Waals surface area contributed by atoms with Gasteiger partial charge in [-0.2, -0.15) is 0 Å². The second-order valence-electron chi connectivity index (χ2n) is 11.9. The van der Waals surface area contributed by atoms with E-state index in [1.807, 2.05) is 24.3 Å². The minimum absolute atomic E-state index is 0.387. The number of benzene rings is 7. The summed E-state index contributed by atoms with van der Waals surface area (Å²) in [4.78, 5) is 10.2. The van der Waals surface area contributed by atoms with Crippen molar-refractivity contribution in [1.82, 2.24) is 5.32 Å². The zero-order valence-corrected chi connectivity index (χ0v) is 25.5. The number of furan rings is 1. The van der Waals surface area contributed by atoms with E-state index in [0.717, 1.165) is 55.9 Å². The Morgan fingerprint density at radius 2 is 0.915 bits per heavy atom. The van der Waals surface area contributed by atoms with Gasteiger partial charge in [0.15, 0.2) is 6.17 Å². The fourth-order valence-electron chi connectivity index (χ4n) is 6.44. The Bertz CT molecular complexity index is 2480. The molecule has 222 valence electrons. The fourth-order valence-corrected chi connectivity index (χ4v) is 6.44. The molecule has 0 aliphatic carbocycles. The third-order valence-electron chi connectivity index (χ3n) is 8.93. The molecule has 7 aromatic carbocycles. The minimum Gasteiger partial charge on any atom is -0.456 e. The van der Waals surface area contributed by atoms with Crippen molar-refractivity contribution in [3.05, 3.63) is 180 Å². The number of amidine groups is 2. The lowest BCUT2D eigenvalue weighted by Crippen LogP contribution is -2.36. The summed E-state index contributed by atoms with van der Waals surface area (Å²) >= 11 is 0. The molecule has 2 heterocycles. The molecule has 47 heavy (non-hydrogen) atoms. The second kappa shape index (κ2) is 11.3. The Balaban J connectivity index is 1.09. The van der Waals surface area contributed by atoms with E-state index in [9.17, 15) is 0 Å². The summed E-state index contributed by atoms with van der Waals surface area (Å²) in [7, 11) is 0. The molecule has 1 aliphatic rings. The van der Waals surface area contributed by atoms with Gasteiger partial charge in [0.1, 0.15) is 22.8 Å². The summed E-state index contributed by atoms with van der Waals surface area (Å²) in [6.07, 6.45) is -0.387. The molecule has 0 amide bonds. The first-order valence-electron chi connectivity index (χ1n) is 15.8. The molecular formula is C43H29N3O. The largest absolute Gasteiger partial charge is 0.456 e. The van der Waals surface area contributed by atoms with Crippen LogP contribution < -0.4 is 5.32 Å². The predicted octanol–water partition coefficient (Wildman–Crippen LogP) is 10.6. The first-order chi connectivity index (χ1) is 23.2. The number of fused-ring (bicyclic) bond motifs is 4. The van der Waals surface area contributed by atoms with Gasteiger partial charge in [-0.1, -0.05) is 133 Å². The monoisotopic (exact) mass is 603 g/mol. The van der Waals surface area contributed by atoms with Gasteiger partial charge in [-0.15, -0.1) is 0 Å². The molecule has 8 aromatic rings. The molecule has 9 rings (SSSR count). The van der Waals surface area contributed by atoms with Crippen molar-refractivity contribution in [1.29, 1.82) is 0 Å². The molecule has 1 N–H and O–H groups in total. The minimum atomic E-state index is -0.387. The highest BCUT2D eigenvalue weighted by Crippen LogP contribution is 2.34. The molecule has 4 nitrogen and oxygen atoms in total. The molecule has 1 aliphatic heterocycles. The van der Waals surface area contributed by atoms with E-state index in [1.54, 1.807) is 0 Å². The lowest BCUT2D eigenvalue weighted by molar-refractivity contribution is 0.669. The van der Waals surface area contributed by atoms with Gasteiger partial charge in [0.25, 0.3) is 0 Å². The standard InChI is InChI=1S/C43H29N3O/c1-3-9-28(10-4-1)30-15-18-32(19-16-30)42-44-41(31-12-5-2-6-13-31)45-43(46-42)36-22-24-38-37-23-21-35(26-39(37)47-40(38)27-36)34-20-17-29-11-7-8-14-33(29)25-34/h1-27,42H,(H,44,45,46). The molecule has 0 bridgehead atoms. The van der Waals surface area contributed by atoms with Crippen molar-refractivity contribution in [3.8, 4) is 22.3 Å². The van der Waals surface area contributed by atoms with Gasteiger partial charge in [-0.3, -0.25) is 0 Å². The molecule has 0 fully saturated rings. The van der Waals surface area contributed by atoms with Crippen molar-refractivity contribution in [2.45, 2.75) is 6.17 Å². The van der Waals surface area contributed by atoms with Crippen LogP contribution in [0.3, 0.4) is 0 Å². The van der Waals surface area contributed by atoms with Crippen molar-refractivity contribution < 1.29 is 4.42 Å². The molecule has 0 radical (unpaired) electrons. The van der Waals surface area contributed by atoms with Gasteiger partial charge in [0, 0.05) is 21.9 Å². The van der Waals surface area contributed by atoms with Gasteiger partial charge >= 0.3 is 0 Å². The average molecular weight is 604 g/mol. The lowest BCUT2D eigenvalue weighted by atomic mass is 10.00. The molecule has 0 saturated carbocycles. The zero-order chi connectivity index (χ0) is 31.2. The number of nitrogens with zero attached hydrogens (tertiary/aromatic N) is 2. The van der Waals surface area contributed by atoms with Crippen molar-refractivity contribution in [3.63, 3.8) is 0 Å². The summed E-state index contributed by atoms with van der Waals surface area (Å²) in [6, 6.07) is 57.0. The van der Waals surface area contributed by atoms with E-state index in [-0.39, 0.29) is 6.17 Å². The number of aliphatic imine (C=N–C) groups is 2. The molecule has 1 unspecified atom stereocenters.